The fraction of sp³-hybridized carbons (Fsp3) is 0.167. The number of rotatable bonds is 6. The van der Waals surface area contributed by atoms with E-state index in [2.05, 4.69) is 5.32 Å². The first-order valence-corrected chi connectivity index (χ1v) is 9.44. The Kier molecular flexibility index (Phi) is 6.39. The predicted molar refractivity (Wildman–Crippen MR) is 113 cm³/mol. The van der Waals surface area contributed by atoms with Gasteiger partial charge >= 0.3 is 0 Å². The van der Waals surface area contributed by atoms with Crippen molar-refractivity contribution in [3.63, 3.8) is 0 Å². The van der Waals surface area contributed by atoms with Crippen molar-refractivity contribution in [1.82, 2.24) is 5.32 Å². The molecule has 0 atom stereocenters. The normalized spacial score (nSPS) is 10.4. The molecule has 0 saturated heterocycles. The number of benzene rings is 3. The highest BCUT2D eigenvalue weighted by molar-refractivity contribution is 6.07. The first-order valence-electron chi connectivity index (χ1n) is 9.44. The molecule has 148 valence electrons. The molecule has 0 aliphatic rings. The molecule has 0 aliphatic heterocycles. The van der Waals surface area contributed by atoms with Gasteiger partial charge in [0.1, 0.15) is 5.82 Å². The Bertz CT molecular complexity index is 1020. The summed E-state index contributed by atoms with van der Waals surface area (Å²) in [6.45, 7) is 4.27. The van der Waals surface area contributed by atoms with E-state index in [1.165, 1.54) is 12.1 Å². The molecule has 0 aliphatic carbocycles. The van der Waals surface area contributed by atoms with E-state index in [1.807, 2.05) is 50.2 Å². The van der Waals surface area contributed by atoms with Crippen LogP contribution in [0.5, 0.6) is 0 Å². The molecule has 1 N–H and O–H groups in total. The lowest BCUT2D eigenvalue weighted by atomic mass is 10.1. The summed E-state index contributed by atoms with van der Waals surface area (Å²) in [5, 5.41) is 2.87. The topological polar surface area (TPSA) is 49.4 Å². The summed E-state index contributed by atoms with van der Waals surface area (Å²) < 4.78 is 13.4. The highest BCUT2D eigenvalue weighted by Gasteiger charge is 2.19. The number of nitrogens with one attached hydrogen (secondary N) is 1. The van der Waals surface area contributed by atoms with Crippen molar-refractivity contribution < 1.29 is 14.0 Å². The number of halogens is 1. The number of amides is 2. The van der Waals surface area contributed by atoms with E-state index in [4.69, 9.17) is 0 Å². The monoisotopic (exact) mass is 390 g/mol. The number of nitrogens with zero attached hydrogens (tertiary/aromatic N) is 1. The third-order valence-corrected chi connectivity index (χ3v) is 4.77. The Balaban J connectivity index is 1.78. The number of carbonyl (C=O) groups excluding carboxylic acids is 2. The average molecular weight is 390 g/mol. The average Bonchev–Trinajstić information content (AvgIpc) is 2.72. The number of anilines is 1. The summed E-state index contributed by atoms with van der Waals surface area (Å²) in [6.07, 6.45) is 0. The standard InChI is InChI=1S/C24H23FN2O2/c1-17-7-3-5-9-21(17)23(28)26-15-16-27(20-13-11-19(25)12-14-20)24(29)22-10-6-4-8-18(22)2/h3-14H,15-16H2,1-2H3,(H,26,28). The molecule has 3 aromatic carbocycles. The molecule has 0 radical (unpaired) electrons. The maximum Gasteiger partial charge on any atom is 0.258 e. The van der Waals surface area contributed by atoms with Gasteiger partial charge < -0.3 is 10.2 Å². The third kappa shape index (κ3) is 4.88. The van der Waals surface area contributed by atoms with E-state index < -0.39 is 0 Å². The van der Waals surface area contributed by atoms with Gasteiger partial charge in [-0.1, -0.05) is 36.4 Å². The van der Waals surface area contributed by atoms with Crippen molar-refractivity contribution in [1.29, 1.82) is 0 Å². The van der Waals surface area contributed by atoms with Crippen molar-refractivity contribution in [2.75, 3.05) is 18.0 Å². The molecule has 0 spiro atoms. The van der Waals surface area contributed by atoms with Gasteiger partial charge in [0.2, 0.25) is 0 Å². The van der Waals surface area contributed by atoms with Gasteiger partial charge in [0.25, 0.3) is 11.8 Å². The van der Waals surface area contributed by atoms with Gasteiger partial charge in [-0.15, -0.1) is 0 Å². The molecule has 3 aromatic rings. The minimum Gasteiger partial charge on any atom is -0.350 e. The van der Waals surface area contributed by atoms with Crippen molar-refractivity contribution in [3.8, 4) is 0 Å². The second-order valence-electron chi connectivity index (χ2n) is 6.82. The molecule has 0 fully saturated rings. The van der Waals surface area contributed by atoms with Crippen LogP contribution >= 0.6 is 0 Å². The smallest absolute Gasteiger partial charge is 0.258 e. The summed E-state index contributed by atoms with van der Waals surface area (Å²) in [5.74, 6) is -0.754. The fourth-order valence-corrected chi connectivity index (χ4v) is 3.13. The molecule has 4 nitrogen and oxygen atoms in total. The van der Waals surface area contributed by atoms with Crippen LogP contribution in [0.2, 0.25) is 0 Å². The first-order chi connectivity index (χ1) is 14.0. The van der Waals surface area contributed by atoms with Gasteiger partial charge in [0.05, 0.1) is 0 Å². The molecule has 0 heterocycles. The van der Waals surface area contributed by atoms with Crippen LogP contribution in [0.4, 0.5) is 10.1 Å². The minimum atomic E-state index is -0.370. The van der Waals surface area contributed by atoms with Gasteiger partial charge in [-0.3, -0.25) is 9.59 Å². The van der Waals surface area contributed by atoms with Crippen LogP contribution in [0.25, 0.3) is 0 Å². The van der Waals surface area contributed by atoms with Crippen molar-refractivity contribution >= 4 is 17.5 Å². The zero-order chi connectivity index (χ0) is 20.8. The summed E-state index contributed by atoms with van der Waals surface area (Å²) in [7, 11) is 0. The summed E-state index contributed by atoms with van der Waals surface area (Å²) in [6, 6.07) is 20.4. The first kappa shape index (κ1) is 20.3. The zero-order valence-electron chi connectivity index (χ0n) is 16.5. The number of hydrogen-bond donors (Lipinski definition) is 1. The number of carbonyl (C=O) groups is 2. The second-order valence-corrected chi connectivity index (χ2v) is 6.82. The lowest BCUT2D eigenvalue weighted by molar-refractivity contribution is 0.0942. The van der Waals surface area contributed by atoms with Gasteiger partial charge in [-0.05, 0) is 61.4 Å². The number of aryl methyl sites for hydroxylation is 2. The highest BCUT2D eigenvalue weighted by Crippen LogP contribution is 2.19. The highest BCUT2D eigenvalue weighted by atomic mass is 19.1. The van der Waals surface area contributed by atoms with E-state index in [0.29, 0.717) is 16.8 Å². The lowest BCUT2D eigenvalue weighted by Crippen LogP contribution is -2.39. The maximum atomic E-state index is 13.4. The molecule has 0 unspecified atom stereocenters. The largest absolute Gasteiger partial charge is 0.350 e. The molecule has 0 aromatic heterocycles. The van der Waals surface area contributed by atoms with Crippen LogP contribution < -0.4 is 10.2 Å². The molecular weight excluding hydrogens is 367 g/mol. The molecule has 5 heteroatoms. The maximum absolute atomic E-state index is 13.4. The Labute approximate surface area is 170 Å². The predicted octanol–water partition coefficient (Wildman–Crippen LogP) is 4.52. The summed E-state index contributed by atoms with van der Waals surface area (Å²) in [5.41, 5.74) is 3.49. The molecule has 0 saturated carbocycles. The molecule has 29 heavy (non-hydrogen) atoms. The molecule has 0 bridgehead atoms. The summed E-state index contributed by atoms with van der Waals surface area (Å²) >= 11 is 0. The van der Waals surface area contributed by atoms with Crippen LogP contribution in [0.3, 0.4) is 0 Å². The van der Waals surface area contributed by atoms with E-state index in [0.717, 1.165) is 11.1 Å². The van der Waals surface area contributed by atoms with E-state index in [9.17, 15) is 14.0 Å². The minimum absolute atomic E-state index is 0.189. The van der Waals surface area contributed by atoms with Crippen LogP contribution in [-0.4, -0.2) is 24.9 Å². The van der Waals surface area contributed by atoms with Crippen LogP contribution in [0.15, 0.2) is 72.8 Å². The molecule has 2 amide bonds. The van der Waals surface area contributed by atoms with E-state index in [-0.39, 0.29) is 30.7 Å². The Morgan fingerprint density at radius 3 is 1.97 bits per heavy atom. The van der Waals surface area contributed by atoms with Crippen LogP contribution in [-0.2, 0) is 0 Å². The number of hydrogen-bond acceptors (Lipinski definition) is 2. The molecule has 3 rings (SSSR count). The zero-order valence-corrected chi connectivity index (χ0v) is 16.5. The third-order valence-electron chi connectivity index (χ3n) is 4.77. The van der Waals surface area contributed by atoms with Gasteiger partial charge in [-0.25, -0.2) is 4.39 Å². The SMILES string of the molecule is Cc1ccccc1C(=O)NCCN(C(=O)c1ccccc1C)c1ccc(F)cc1. The summed E-state index contributed by atoms with van der Waals surface area (Å²) in [4.78, 5) is 27.2. The lowest BCUT2D eigenvalue weighted by Gasteiger charge is -2.24. The second kappa shape index (κ2) is 9.15. The quantitative estimate of drug-likeness (QED) is 0.673. The Hall–Kier alpha value is -3.47. The van der Waals surface area contributed by atoms with E-state index >= 15 is 0 Å². The van der Waals surface area contributed by atoms with Crippen molar-refractivity contribution in [2.24, 2.45) is 0 Å². The Morgan fingerprint density at radius 2 is 1.38 bits per heavy atom. The Morgan fingerprint density at radius 1 is 0.828 bits per heavy atom. The van der Waals surface area contributed by atoms with Crippen LogP contribution in [0.1, 0.15) is 31.8 Å². The van der Waals surface area contributed by atoms with Crippen molar-refractivity contribution in [3.05, 3.63) is 101 Å². The van der Waals surface area contributed by atoms with Crippen molar-refractivity contribution in [2.45, 2.75) is 13.8 Å². The van der Waals surface area contributed by atoms with Crippen LogP contribution in [0, 0.1) is 19.7 Å². The molecular formula is C24H23FN2O2. The van der Waals surface area contributed by atoms with Gasteiger partial charge in [0, 0.05) is 29.9 Å². The fourth-order valence-electron chi connectivity index (χ4n) is 3.13. The van der Waals surface area contributed by atoms with Gasteiger partial charge in [-0.2, -0.15) is 0 Å². The van der Waals surface area contributed by atoms with Gasteiger partial charge in [0.15, 0.2) is 0 Å². The van der Waals surface area contributed by atoms with E-state index in [1.54, 1.807) is 29.2 Å².